The number of rotatable bonds is 2. The summed E-state index contributed by atoms with van der Waals surface area (Å²) >= 11 is 3.00. The largest absolute Gasteiger partial charge is 0.417 e. The van der Waals surface area contributed by atoms with E-state index in [1.165, 1.54) is 12.1 Å². The third kappa shape index (κ3) is 4.20. The minimum absolute atomic E-state index is 0.109. The van der Waals surface area contributed by atoms with Gasteiger partial charge in [-0.3, -0.25) is 4.79 Å². The van der Waals surface area contributed by atoms with E-state index in [-0.39, 0.29) is 22.1 Å². The number of carbonyl (C=O) groups is 1. The van der Waals surface area contributed by atoms with Crippen LogP contribution in [0, 0.1) is 0 Å². The lowest BCUT2D eigenvalue weighted by Gasteiger charge is -2.27. The molecule has 7 heteroatoms. The van der Waals surface area contributed by atoms with E-state index in [9.17, 15) is 18.0 Å². The van der Waals surface area contributed by atoms with Gasteiger partial charge in [0.2, 0.25) is 0 Å². The Bertz CT molecular complexity index is 525. The van der Waals surface area contributed by atoms with Crippen molar-refractivity contribution in [2.24, 2.45) is 5.73 Å². The Morgan fingerprint density at radius 2 is 1.86 bits per heavy atom. The second-order valence-electron chi connectivity index (χ2n) is 5.27. The summed E-state index contributed by atoms with van der Waals surface area (Å²) in [4.78, 5) is 12.1. The number of carbonyl (C=O) groups excluding carboxylic acids is 1. The van der Waals surface area contributed by atoms with Crippen molar-refractivity contribution in [1.82, 2.24) is 5.32 Å². The molecular formula is C14H16BrF3N2O. The maximum atomic E-state index is 13.0. The zero-order chi connectivity index (χ0) is 15.6. The number of alkyl halides is 3. The lowest BCUT2D eigenvalue weighted by atomic mass is 9.91. The maximum absolute atomic E-state index is 13.0. The van der Waals surface area contributed by atoms with Crippen LogP contribution in [0.1, 0.15) is 41.6 Å². The first-order valence-corrected chi connectivity index (χ1v) is 7.50. The summed E-state index contributed by atoms with van der Waals surface area (Å²) in [5.74, 6) is -0.685. The van der Waals surface area contributed by atoms with Gasteiger partial charge >= 0.3 is 6.18 Å². The Kier molecular flexibility index (Phi) is 4.93. The van der Waals surface area contributed by atoms with E-state index in [4.69, 9.17) is 5.73 Å². The van der Waals surface area contributed by atoms with Crippen LogP contribution in [0.2, 0.25) is 0 Å². The fourth-order valence-corrected chi connectivity index (χ4v) is 2.84. The minimum Gasteiger partial charge on any atom is -0.349 e. The van der Waals surface area contributed by atoms with Crippen molar-refractivity contribution in [2.45, 2.75) is 43.9 Å². The van der Waals surface area contributed by atoms with Crippen molar-refractivity contribution < 1.29 is 18.0 Å². The molecule has 2 rings (SSSR count). The predicted octanol–water partition coefficient (Wildman–Crippen LogP) is 3.47. The molecule has 0 aliphatic heterocycles. The quantitative estimate of drug-likeness (QED) is 0.843. The molecule has 116 valence electrons. The fraction of sp³-hybridized carbons (Fsp3) is 0.500. The van der Waals surface area contributed by atoms with Crippen molar-refractivity contribution in [2.75, 3.05) is 0 Å². The summed E-state index contributed by atoms with van der Waals surface area (Å²) in [5, 5.41) is 2.68. The van der Waals surface area contributed by atoms with Gasteiger partial charge in [-0.15, -0.1) is 0 Å². The number of benzene rings is 1. The molecule has 0 radical (unpaired) electrons. The summed E-state index contributed by atoms with van der Waals surface area (Å²) in [5.41, 5.74) is 4.49. The van der Waals surface area contributed by atoms with Gasteiger partial charge in [-0.2, -0.15) is 13.2 Å². The average Bonchev–Trinajstić information content (AvgIpc) is 2.40. The van der Waals surface area contributed by atoms with Gasteiger partial charge in [0, 0.05) is 16.6 Å². The molecule has 0 aromatic heterocycles. The standard InChI is InChI=1S/C14H16BrF3N2O/c15-8-1-6-11(12(7-8)14(16,17)18)13(21)20-10-4-2-9(19)3-5-10/h1,6-7,9-10H,2-5,19H2,(H,20,21). The topological polar surface area (TPSA) is 55.1 Å². The van der Waals surface area contributed by atoms with Crippen molar-refractivity contribution in [3.05, 3.63) is 33.8 Å². The van der Waals surface area contributed by atoms with Crippen LogP contribution >= 0.6 is 15.9 Å². The number of halogens is 4. The molecule has 1 amide bonds. The van der Waals surface area contributed by atoms with Crippen LogP contribution < -0.4 is 11.1 Å². The molecule has 0 atom stereocenters. The number of nitrogens with one attached hydrogen (secondary N) is 1. The molecule has 0 saturated heterocycles. The smallest absolute Gasteiger partial charge is 0.349 e. The SMILES string of the molecule is NC1CCC(NC(=O)c2ccc(Br)cc2C(F)(F)F)CC1. The van der Waals surface area contributed by atoms with E-state index in [2.05, 4.69) is 21.2 Å². The molecule has 1 aliphatic carbocycles. The van der Waals surface area contributed by atoms with Crippen molar-refractivity contribution >= 4 is 21.8 Å². The van der Waals surface area contributed by atoms with Crippen LogP contribution in [0.4, 0.5) is 13.2 Å². The summed E-state index contributed by atoms with van der Waals surface area (Å²) in [6.45, 7) is 0. The molecule has 3 nitrogen and oxygen atoms in total. The highest BCUT2D eigenvalue weighted by molar-refractivity contribution is 9.10. The van der Waals surface area contributed by atoms with Crippen molar-refractivity contribution in [1.29, 1.82) is 0 Å². The van der Waals surface area contributed by atoms with Gasteiger partial charge in [0.25, 0.3) is 5.91 Å². The molecule has 3 N–H and O–H groups in total. The Morgan fingerprint density at radius 1 is 1.24 bits per heavy atom. The van der Waals surface area contributed by atoms with Crippen LogP contribution in [0.15, 0.2) is 22.7 Å². The highest BCUT2D eigenvalue weighted by Gasteiger charge is 2.35. The van der Waals surface area contributed by atoms with Gasteiger partial charge in [0.1, 0.15) is 0 Å². The molecule has 21 heavy (non-hydrogen) atoms. The van der Waals surface area contributed by atoms with E-state index in [1.807, 2.05) is 0 Å². The first-order chi connectivity index (χ1) is 9.77. The van der Waals surface area contributed by atoms with Crippen molar-refractivity contribution in [3.63, 3.8) is 0 Å². The van der Waals surface area contributed by atoms with E-state index in [0.717, 1.165) is 18.9 Å². The van der Waals surface area contributed by atoms with Gasteiger partial charge in [-0.1, -0.05) is 15.9 Å². The third-order valence-electron chi connectivity index (χ3n) is 3.64. The molecule has 1 saturated carbocycles. The predicted molar refractivity (Wildman–Crippen MR) is 76.8 cm³/mol. The van der Waals surface area contributed by atoms with E-state index in [1.54, 1.807) is 0 Å². The second-order valence-corrected chi connectivity index (χ2v) is 6.19. The summed E-state index contributed by atoms with van der Waals surface area (Å²) < 4.78 is 39.3. The molecule has 0 unspecified atom stereocenters. The van der Waals surface area contributed by atoms with E-state index < -0.39 is 17.6 Å². The molecule has 0 bridgehead atoms. The van der Waals surface area contributed by atoms with Crippen LogP contribution in [-0.4, -0.2) is 18.0 Å². The van der Waals surface area contributed by atoms with Crippen LogP contribution in [0.25, 0.3) is 0 Å². The highest BCUT2D eigenvalue weighted by atomic mass is 79.9. The lowest BCUT2D eigenvalue weighted by molar-refractivity contribution is -0.138. The van der Waals surface area contributed by atoms with Gasteiger partial charge in [0.05, 0.1) is 11.1 Å². The monoisotopic (exact) mass is 364 g/mol. The average molecular weight is 365 g/mol. The Hall–Kier alpha value is -1.08. The number of nitrogens with two attached hydrogens (primary N) is 1. The lowest BCUT2D eigenvalue weighted by Crippen LogP contribution is -2.41. The second kappa shape index (κ2) is 6.36. The summed E-state index contributed by atoms with van der Waals surface area (Å²) in [7, 11) is 0. The number of hydrogen-bond donors (Lipinski definition) is 2. The number of amides is 1. The minimum atomic E-state index is -4.56. The molecule has 0 heterocycles. The number of hydrogen-bond acceptors (Lipinski definition) is 2. The first kappa shape index (κ1) is 16.3. The summed E-state index contributed by atoms with van der Waals surface area (Å²) in [6.07, 6.45) is -1.62. The van der Waals surface area contributed by atoms with Gasteiger partial charge < -0.3 is 11.1 Å². The van der Waals surface area contributed by atoms with Gasteiger partial charge in [-0.05, 0) is 43.9 Å². The Labute approximate surface area is 129 Å². The molecule has 1 fully saturated rings. The van der Waals surface area contributed by atoms with E-state index in [0.29, 0.717) is 12.8 Å². The summed E-state index contributed by atoms with van der Waals surface area (Å²) in [6, 6.07) is 3.56. The van der Waals surface area contributed by atoms with Crippen molar-refractivity contribution in [3.8, 4) is 0 Å². The van der Waals surface area contributed by atoms with Crippen LogP contribution in [0.5, 0.6) is 0 Å². The zero-order valence-corrected chi connectivity index (χ0v) is 12.8. The molecule has 1 aliphatic rings. The molecule has 0 spiro atoms. The normalized spacial score (nSPS) is 22.9. The van der Waals surface area contributed by atoms with Crippen LogP contribution in [0.3, 0.4) is 0 Å². The van der Waals surface area contributed by atoms with Crippen LogP contribution in [-0.2, 0) is 6.18 Å². The Morgan fingerprint density at radius 3 is 2.43 bits per heavy atom. The Balaban J connectivity index is 2.16. The zero-order valence-electron chi connectivity index (χ0n) is 11.2. The molecule has 1 aromatic carbocycles. The maximum Gasteiger partial charge on any atom is 0.417 e. The third-order valence-corrected chi connectivity index (χ3v) is 4.13. The molecule has 1 aromatic rings. The molecular weight excluding hydrogens is 349 g/mol. The highest BCUT2D eigenvalue weighted by Crippen LogP contribution is 2.34. The first-order valence-electron chi connectivity index (χ1n) is 6.70. The van der Waals surface area contributed by atoms with Gasteiger partial charge in [-0.25, -0.2) is 0 Å². The fourth-order valence-electron chi connectivity index (χ4n) is 2.48. The van der Waals surface area contributed by atoms with Gasteiger partial charge in [0.15, 0.2) is 0 Å². The van der Waals surface area contributed by atoms with E-state index >= 15 is 0 Å².